The van der Waals surface area contributed by atoms with E-state index in [0.29, 0.717) is 0 Å². The first-order valence-electron chi connectivity index (χ1n) is 29.9. The molecule has 0 aromatic heterocycles. The minimum absolute atomic E-state index is 1.15. The monoisotopic (exact) mass is 1220 g/mol. The zero-order valence-electron chi connectivity index (χ0n) is 46.6. The number of fused-ring (bicyclic) bond motifs is 7. The Morgan fingerprint density at radius 1 is 0.186 bits per heavy atom. The van der Waals surface area contributed by atoms with Gasteiger partial charge in [0.1, 0.15) is 0 Å². The standard InChI is InChI=1S/C78H50Ge2N6/c1-7-27-52(28-8-1)81-60-41-23-43-62-69(60)79-71-66(45-49-25-19-21-39-58(49)75(71)83(62)54-31-11-3-12-32-54)85(56-35-15-5-16-36-56)77-68-51(47-64(81)73(77)79)48-65-74-78(68)86(57-37-17-6-18-38-57)67-46-50-26-20-22-40-59(50)76-72(67)80(74)70-61(82(65)53-29-9-2-10-30-53)42-24-44-63(70)84(76)55-33-13-4-14-34-55/h1-48,79-80H. The third kappa shape index (κ3) is 6.16. The molecular weight excluding hydrogens is 1170 g/mol. The summed E-state index contributed by atoms with van der Waals surface area (Å²) in [5, 5.41) is 7.56. The topological polar surface area (TPSA) is 19.4 Å². The van der Waals surface area contributed by atoms with E-state index in [1.807, 2.05) is 0 Å². The van der Waals surface area contributed by atoms with Gasteiger partial charge in [0.05, 0.1) is 0 Å². The second-order valence-corrected chi connectivity index (χ2v) is 34.4. The Kier molecular flexibility index (Phi) is 9.68. The van der Waals surface area contributed by atoms with Crippen LogP contribution in [-0.4, -0.2) is 28.7 Å². The fourth-order valence-electron chi connectivity index (χ4n) is 16.2. The molecule has 2 atom stereocenters. The van der Waals surface area contributed by atoms with Gasteiger partial charge in [-0.2, -0.15) is 0 Å². The molecule has 14 aromatic rings. The van der Waals surface area contributed by atoms with Gasteiger partial charge in [0.2, 0.25) is 0 Å². The van der Waals surface area contributed by atoms with Crippen LogP contribution in [0.3, 0.4) is 0 Å². The van der Waals surface area contributed by atoms with E-state index in [1.165, 1.54) is 138 Å². The summed E-state index contributed by atoms with van der Waals surface area (Å²) < 4.78 is 9.05. The fraction of sp³-hybridized carbons (Fsp3) is 0. The van der Waals surface area contributed by atoms with Crippen molar-refractivity contribution in [3.05, 3.63) is 291 Å². The molecule has 0 radical (unpaired) electrons. The molecule has 6 heterocycles. The van der Waals surface area contributed by atoms with Gasteiger partial charge < -0.3 is 0 Å². The average molecular weight is 1220 g/mol. The zero-order valence-corrected chi connectivity index (χ0v) is 51.4. The molecule has 14 aromatic carbocycles. The van der Waals surface area contributed by atoms with Gasteiger partial charge in [0.15, 0.2) is 0 Å². The molecule has 6 aliphatic rings. The van der Waals surface area contributed by atoms with Crippen LogP contribution < -0.4 is 55.8 Å². The number of hydrogen-bond acceptors (Lipinski definition) is 6. The van der Waals surface area contributed by atoms with Crippen LogP contribution in [0, 0.1) is 0 Å². The molecule has 6 nitrogen and oxygen atoms in total. The number of rotatable bonds is 6. The average Bonchev–Trinajstić information content (AvgIpc) is 0.672. The van der Waals surface area contributed by atoms with E-state index >= 15 is 0 Å². The quantitative estimate of drug-likeness (QED) is 0.153. The van der Waals surface area contributed by atoms with Crippen LogP contribution in [0.25, 0.3) is 32.3 Å². The second-order valence-electron chi connectivity index (χ2n) is 23.5. The van der Waals surface area contributed by atoms with Gasteiger partial charge in [-0.3, -0.25) is 0 Å². The molecule has 0 amide bonds. The van der Waals surface area contributed by atoms with Crippen molar-refractivity contribution in [2.24, 2.45) is 0 Å². The van der Waals surface area contributed by atoms with Crippen LogP contribution >= 0.6 is 0 Å². The first-order chi connectivity index (χ1) is 42.8. The summed E-state index contributed by atoms with van der Waals surface area (Å²) in [7, 11) is 0. The van der Waals surface area contributed by atoms with Gasteiger partial charge in [0, 0.05) is 0 Å². The summed E-state index contributed by atoms with van der Waals surface area (Å²) in [6.07, 6.45) is 0. The molecule has 8 heteroatoms. The predicted octanol–water partition coefficient (Wildman–Crippen LogP) is 16.3. The summed E-state index contributed by atoms with van der Waals surface area (Å²) in [4.78, 5) is 16.0. The van der Waals surface area contributed by atoms with Gasteiger partial charge in [-0.25, -0.2) is 0 Å². The van der Waals surface area contributed by atoms with E-state index < -0.39 is 28.7 Å². The van der Waals surface area contributed by atoms with Gasteiger partial charge in [-0.15, -0.1) is 0 Å². The van der Waals surface area contributed by atoms with Gasteiger partial charge in [-0.05, 0) is 0 Å². The fourth-order valence-corrected chi connectivity index (χ4v) is 33.1. The molecule has 0 saturated heterocycles. The second kappa shape index (κ2) is 17.7. The van der Waals surface area contributed by atoms with Crippen molar-refractivity contribution in [1.82, 2.24) is 0 Å². The number of para-hydroxylation sites is 6. The number of hydrogen-bond donors (Lipinski definition) is 0. The van der Waals surface area contributed by atoms with Crippen molar-refractivity contribution in [2.75, 3.05) is 29.4 Å². The molecule has 2 unspecified atom stereocenters. The van der Waals surface area contributed by atoms with Crippen molar-refractivity contribution in [3.63, 3.8) is 0 Å². The number of nitrogens with zero attached hydrogens (tertiary/aromatic N) is 6. The van der Waals surface area contributed by atoms with Crippen LogP contribution in [0.2, 0.25) is 0 Å². The predicted molar refractivity (Wildman–Crippen MR) is 366 cm³/mol. The van der Waals surface area contributed by atoms with E-state index in [1.54, 1.807) is 0 Å². The maximum absolute atomic E-state index is 3.30. The molecule has 0 spiro atoms. The molecule has 0 saturated carbocycles. The summed E-state index contributed by atoms with van der Waals surface area (Å²) in [6, 6.07) is 111. The van der Waals surface area contributed by atoms with Crippen LogP contribution in [0.5, 0.6) is 0 Å². The van der Waals surface area contributed by atoms with Crippen LogP contribution in [0.1, 0.15) is 0 Å². The normalized spacial score (nSPS) is 15.8. The first-order valence-corrected chi connectivity index (χ1v) is 37.2. The zero-order chi connectivity index (χ0) is 55.9. The Hall–Kier alpha value is -10.3. The summed E-state index contributed by atoms with van der Waals surface area (Å²) in [5.74, 6) is 0. The Balaban J connectivity index is 1.02. The molecule has 0 fully saturated rings. The van der Waals surface area contributed by atoms with Gasteiger partial charge >= 0.3 is 510 Å². The third-order valence-electron chi connectivity index (χ3n) is 19.2. The Morgan fingerprint density at radius 3 is 0.791 bits per heavy atom. The van der Waals surface area contributed by atoms with Crippen molar-refractivity contribution in [2.45, 2.75) is 0 Å². The maximum atomic E-state index is 2.75. The van der Waals surface area contributed by atoms with Crippen molar-refractivity contribution >= 4 is 190 Å². The van der Waals surface area contributed by atoms with Crippen LogP contribution in [0.4, 0.5) is 102 Å². The van der Waals surface area contributed by atoms with E-state index in [4.69, 9.17) is 0 Å². The number of benzene rings is 14. The first kappa shape index (κ1) is 47.1. The van der Waals surface area contributed by atoms with E-state index in [9.17, 15) is 0 Å². The SMILES string of the molecule is c1ccc(N2c3cccc4[c]3[GeH]3[c]5c(cc6ccccc6c5N4c4ccccc4)N(c4ccccc4)c4[c]3c2cc2cc3[c]5c(c42)N(c2ccccc2)c2cc4ccccc4c4[c]2[GeH]5[c]2c(cccc2N4c2ccccc2)N3c2ccccc2)cc1. The molecule has 6 aliphatic heterocycles. The molecule has 20 rings (SSSR count). The molecular formula is C78H50Ge2N6. The molecule has 86 heavy (non-hydrogen) atoms. The minimum atomic E-state index is -3.30. The van der Waals surface area contributed by atoms with E-state index in [-0.39, 0.29) is 0 Å². The molecule has 400 valence electrons. The van der Waals surface area contributed by atoms with Gasteiger partial charge in [-0.1, -0.05) is 0 Å². The molecule has 0 bridgehead atoms. The van der Waals surface area contributed by atoms with E-state index in [2.05, 4.69) is 321 Å². The van der Waals surface area contributed by atoms with Crippen LogP contribution in [0.15, 0.2) is 291 Å². The molecule has 0 aliphatic carbocycles. The van der Waals surface area contributed by atoms with Crippen molar-refractivity contribution in [3.8, 4) is 0 Å². The molecule has 0 N–H and O–H groups in total. The number of anilines is 18. The summed E-state index contributed by atoms with van der Waals surface area (Å²) in [5.41, 5.74) is 22.5. The Morgan fingerprint density at radius 2 is 0.442 bits per heavy atom. The van der Waals surface area contributed by atoms with Crippen LogP contribution in [-0.2, 0) is 0 Å². The van der Waals surface area contributed by atoms with Crippen molar-refractivity contribution in [1.29, 1.82) is 0 Å². The van der Waals surface area contributed by atoms with E-state index in [0.717, 1.165) is 22.7 Å². The summed E-state index contributed by atoms with van der Waals surface area (Å²) in [6.45, 7) is 0. The summed E-state index contributed by atoms with van der Waals surface area (Å²) >= 11 is -6.61. The third-order valence-corrected chi connectivity index (χ3v) is 33.8. The Bertz CT molecular complexity index is 4900. The van der Waals surface area contributed by atoms with Crippen molar-refractivity contribution < 1.29 is 0 Å². The van der Waals surface area contributed by atoms with Gasteiger partial charge in [0.25, 0.3) is 0 Å². The Labute approximate surface area is 506 Å².